The Labute approximate surface area is 420 Å². The molecule has 71 heavy (non-hydrogen) atoms. The van der Waals surface area contributed by atoms with Crippen molar-refractivity contribution in [3.8, 4) is 5.75 Å². The van der Waals surface area contributed by atoms with Gasteiger partial charge in [0, 0.05) is 86.1 Å². The van der Waals surface area contributed by atoms with Gasteiger partial charge in [-0.1, -0.05) is 26.0 Å². The van der Waals surface area contributed by atoms with Gasteiger partial charge in [0.15, 0.2) is 5.58 Å². The van der Waals surface area contributed by atoms with Crippen LogP contribution in [0.4, 0.5) is 34.5 Å². The highest BCUT2D eigenvalue weighted by Gasteiger charge is 2.34. The van der Waals surface area contributed by atoms with Crippen LogP contribution in [0.1, 0.15) is 70.2 Å². The van der Waals surface area contributed by atoms with E-state index in [2.05, 4.69) is 78.4 Å². The second-order valence-corrected chi connectivity index (χ2v) is 22.7. The molecule has 3 saturated heterocycles. The Morgan fingerprint density at radius 1 is 0.901 bits per heavy atom. The number of oxazole rings is 1. The zero-order chi connectivity index (χ0) is 50.0. The number of hydrogen-bond acceptors (Lipinski definition) is 15. The first-order valence-corrected chi connectivity index (χ1v) is 28.0. The number of nitrogens with zero attached hydrogens (tertiary/aromatic N) is 6. The molecule has 6 aromatic rings. The molecule has 20 heteroatoms. The van der Waals surface area contributed by atoms with E-state index in [1.54, 1.807) is 25.6 Å². The molecule has 3 amide bonds. The normalized spacial score (nSPS) is 17.8. The maximum absolute atomic E-state index is 13.7. The number of piperidine rings is 2. The first kappa shape index (κ1) is 49.7. The summed E-state index contributed by atoms with van der Waals surface area (Å²) < 4.78 is 27.6. The molecule has 3 aromatic heterocycles. The van der Waals surface area contributed by atoms with Gasteiger partial charge in [-0.05, 0) is 117 Å². The summed E-state index contributed by atoms with van der Waals surface area (Å²) in [5, 5.41) is 17.5. The number of nitrogens with one attached hydrogen (secondary N) is 5. The second-order valence-electron chi connectivity index (χ2n) is 18.7. The highest BCUT2D eigenvalue weighted by atomic mass is 79.9. The van der Waals surface area contributed by atoms with Crippen LogP contribution in [0, 0.1) is 5.92 Å². The Hall–Kier alpha value is -6.30. The topological polar surface area (TPSA) is 218 Å². The summed E-state index contributed by atoms with van der Waals surface area (Å²) in [5.41, 5.74) is 7.09. The summed E-state index contributed by atoms with van der Waals surface area (Å²) in [7, 11) is -2.76. The van der Waals surface area contributed by atoms with E-state index in [0.717, 1.165) is 72.0 Å². The van der Waals surface area contributed by atoms with Gasteiger partial charge in [-0.2, -0.15) is 4.98 Å². The van der Waals surface area contributed by atoms with E-state index >= 15 is 0 Å². The van der Waals surface area contributed by atoms with E-state index in [0.29, 0.717) is 89.7 Å². The zero-order valence-electron chi connectivity index (χ0n) is 40.8. The highest BCUT2D eigenvalue weighted by molar-refractivity contribution is 9.10. The molecule has 5 N–H and O–H groups in total. The Morgan fingerprint density at radius 2 is 1.70 bits per heavy atom. The van der Waals surface area contributed by atoms with Crippen molar-refractivity contribution in [1.29, 1.82) is 0 Å². The Morgan fingerprint density at radius 3 is 2.45 bits per heavy atom. The molecule has 0 saturated carbocycles. The molecule has 374 valence electrons. The third-order valence-electron chi connectivity index (χ3n) is 13.6. The van der Waals surface area contributed by atoms with Gasteiger partial charge < -0.3 is 44.8 Å². The number of ether oxygens (including phenoxy) is 1. The lowest BCUT2D eigenvalue weighted by Crippen LogP contribution is -2.45. The fraction of sp³-hybridized carbons (Fsp3) is 0.431. The van der Waals surface area contributed by atoms with Crippen molar-refractivity contribution in [2.75, 3.05) is 79.6 Å². The quantitative estimate of drug-likeness (QED) is 0.0349. The standard InChI is InChI=1S/C51H61BrN11O7P/c1-6-30-26-38(58-50-55-28-35(52)47(60-50)57-37-15-14-36-34(46(37)71(4,5)68)13-12-32(7-2)56-36)43(69-8-3)27-42(30)61-24-19-33(20-25-61)53-21-22-54-48(65)31-18-23-62(29-31)39-10-9-11-40-45(39)70-51(67)63(40)41-16-17-44(64)59-49(41)66/h9-15,26-28,31,33,41,53H,6-8,16-25,29H2,1-5H3,(H,54,65)(H,59,64,66)(H2,55,57,58,60)/t31-,41?/m1/s1. The van der Waals surface area contributed by atoms with Crippen molar-refractivity contribution in [2.24, 2.45) is 5.92 Å². The van der Waals surface area contributed by atoms with Gasteiger partial charge in [-0.3, -0.25) is 29.3 Å². The van der Waals surface area contributed by atoms with Crippen LogP contribution in [0.15, 0.2) is 74.5 Å². The van der Waals surface area contributed by atoms with E-state index in [-0.39, 0.29) is 30.6 Å². The van der Waals surface area contributed by atoms with Crippen molar-refractivity contribution in [3.05, 3.63) is 87.1 Å². The number of aromatic nitrogens is 4. The highest BCUT2D eigenvalue weighted by Crippen LogP contribution is 2.43. The fourth-order valence-electron chi connectivity index (χ4n) is 10.1. The number of rotatable bonds is 17. The predicted molar refractivity (Wildman–Crippen MR) is 282 cm³/mol. The molecule has 3 aliphatic rings. The van der Waals surface area contributed by atoms with Crippen molar-refractivity contribution < 1.29 is 28.1 Å². The number of aryl methyl sites for hydroxylation is 2. The first-order chi connectivity index (χ1) is 34.2. The van der Waals surface area contributed by atoms with Gasteiger partial charge in [-0.15, -0.1) is 0 Å². The van der Waals surface area contributed by atoms with Gasteiger partial charge in [0.2, 0.25) is 23.7 Å². The second kappa shape index (κ2) is 21.2. The van der Waals surface area contributed by atoms with Gasteiger partial charge in [0.25, 0.3) is 0 Å². The van der Waals surface area contributed by atoms with Crippen LogP contribution >= 0.6 is 23.1 Å². The Balaban J connectivity index is 0.786. The molecule has 0 radical (unpaired) electrons. The van der Waals surface area contributed by atoms with E-state index < -0.39 is 24.8 Å². The van der Waals surface area contributed by atoms with Crippen LogP contribution in [0.3, 0.4) is 0 Å². The summed E-state index contributed by atoms with van der Waals surface area (Å²) in [6.45, 7) is 14.1. The maximum atomic E-state index is 13.7. The number of carbonyl (C=O) groups excluding carboxylic acids is 3. The lowest BCUT2D eigenvalue weighted by molar-refractivity contribution is -0.135. The van der Waals surface area contributed by atoms with E-state index in [1.807, 2.05) is 48.2 Å². The molecule has 3 aliphatic heterocycles. The average Bonchev–Trinajstić information content (AvgIpc) is 3.98. The van der Waals surface area contributed by atoms with Crippen molar-refractivity contribution in [2.45, 2.75) is 77.8 Å². The van der Waals surface area contributed by atoms with Gasteiger partial charge in [0.1, 0.15) is 24.8 Å². The Kier molecular flexibility index (Phi) is 14.8. The van der Waals surface area contributed by atoms with Crippen LogP contribution in [0.2, 0.25) is 0 Å². The smallest absolute Gasteiger partial charge is 0.420 e. The summed E-state index contributed by atoms with van der Waals surface area (Å²) in [6, 6.07) is 17.0. The van der Waals surface area contributed by atoms with Crippen molar-refractivity contribution in [1.82, 2.24) is 35.5 Å². The van der Waals surface area contributed by atoms with Gasteiger partial charge >= 0.3 is 5.76 Å². The predicted octanol–water partition coefficient (Wildman–Crippen LogP) is 7.13. The zero-order valence-corrected chi connectivity index (χ0v) is 43.3. The van der Waals surface area contributed by atoms with Crippen LogP contribution < -0.4 is 52.2 Å². The molecular formula is C51H61BrN11O7P. The number of halogens is 1. The summed E-state index contributed by atoms with van der Waals surface area (Å²) >= 11 is 3.63. The number of benzene rings is 3. The minimum atomic E-state index is -2.76. The number of fused-ring (bicyclic) bond motifs is 2. The largest absolute Gasteiger partial charge is 0.492 e. The Bertz CT molecular complexity index is 3110. The minimum Gasteiger partial charge on any atom is -0.492 e. The summed E-state index contributed by atoms with van der Waals surface area (Å²) in [6.07, 6.45) is 6.20. The number of para-hydroxylation sites is 1. The molecule has 18 nitrogen and oxygen atoms in total. The molecular weight excluding hydrogens is 990 g/mol. The molecule has 0 bridgehead atoms. The van der Waals surface area contributed by atoms with Crippen LogP contribution in [-0.2, 0) is 31.8 Å². The summed E-state index contributed by atoms with van der Waals surface area (Å²) in [5.74, 6) is -0.179. The molecule has 3 fully saturated rings. The molecule has 0 aliphatic carbocycles. The van der Waals surface area contributed by atoms with Crippen molar-refractivity contribution in [3.63, 3.8) is 0 Å². The monoisotopic (exact) mass is 1050 g/mol. The number of imide groups is 1. The van der Waals surface area contributed by atoms with Crippen LogP contribution in [-0.4, -0.2) is 102 Å². The first-order valence-electron chi connectivity index (χ1n) is 24.6. The summed E-state index contributed by atoms with van der Waals surface area (Å²) in [4.78, 5) is 69.4. The lowest BCUT2D eigenvalue weighted by atomic mass is 10.0. The molecule has 2 atom stereocenters. The molecule has 3 aromatic carbocycles. The van der Waals surface area contributed by atoms with Crippen LogP contribution in [0.25, 0.3) is 22.0 Å². The van der Waals surface area contributed by atoms with Gasteiger partial charge in [-0.25, -0.2) is 9.78 Å². The number of anilines is 6. The molecule has 0 spiro atoms. The van der Waals surface area contributed by atoms with E-state index in [4.69, 9.17) is 19.1 Å². The van der Waals surface area contributed by atoms with E-state index in [1.165, 1.54) is 10.1 Å². The number of amides is 3. The maximum Gasteiger partial charge on any atom is 0.420 e. The van der Waals surface area contributed by atoms with Crippen LogP contribution in [0.5, 0.6) is 5.75 Å². The molecule has 9 rings (SSSR count). The number of carbonyl (C=O) groups is 3. The van der Waals surface area contributed by atoms with Crippen molar-refractivity contribution >= 4 is 103 Å². The molecule has 6 heterocycles. The SMILES string of the molecule is CCOc1cc(N2CCC(NCCNC(=O)[C@@H]3CCN(c4cccc5c4oc(=O)n5C4CCC(=O)NC4=O)C3)CC2)c(CC)cc1Nc1ncc(Br)c(Nc2ccc3nc(CC)ccc3c2P(C)(C)=O)n1. The third-order valence-corrected chi connectivity index (χ3v) is 15.8. The third kappa shape index (κ3) is 10.7. The number of pyridine rings is 1. The number of hydrogen-bond donors (Lipinski definition) is 5. The molecule has 1 unspecified atom stereocenters. The lowest BCUT2D eigenvalue weighted by Gasteiger charge is -2.35. The van der Waals surface area contributed by atoms with Gasteiger partial charge in [0.05, 0.1) is 45.1 Å². The van der Waals surface area contributed by atoms with E-state index in [9.17, 15) is 23.7 Å². The fourth-order valence-corrected chi connectivity index (χ4v) is 11.8. The minimum absolute atomic E-state index is 0.0122. The average molecular weight is 1050 g/mol.